The number of alkyl halides is 1. The number of nitrogens with zero attached hydrogens (tertiary/aromatic N) is 2. The Bertz CT molecular complexity index is 538. The lowest BCUT2D eigenvalue weighted by molar-refractivity contribution is -0.387. The molecule has 0 aliphatic carbocycles. The molecule has 0 aliphatic heterocycles. The average molecular weight is 307 g/mol. The molecule has 0 aromatic heterocycles. The van der Waals surface area contributed by atoms with Gasteiger partial charge in [0.25, 0.3) is 5.91 Å². The molecule has 0 saturated heterocycles. The molecule has 0 spiro atoms. The summed E-state index contributed by atoms with van der Waals surface area (Å²) in [5, 5.41) is 10.4. The molecule has 0 saturated carbocycles. The Balaban J connectivity index is 3.07. The lowest BCUT2D eigenvalue weighted by atomic mass is 10.1. The number of hydrogen-bond donors (Lipinski definition) is 0. The summed E-state index contributed by atoms with van der Waals surface area (Å²) in [5.41, 5.74) is -1.73. The topological polar surface area (TPSA) is 63.5 Å². The summed E-state index contributed by atoms with van der Waals surface area (Å²) >= 11 is 5.73. The molecular formula is C12H13ClF2N2O3. The van der Waals surface area contributed by atoms with Crippen LogP contribution in [0.5, 0.6) is 0 Å². The maximum absolute atomic E-state index is 13.8. The number of nitro benzene ring substituents is 1. The van der Waals surface area contributed by atoms with Crippen molar-refractivity contribution >= 4 is 23.2 Å². The predicted octanol–water partition coefficient (Wildman–Crippen LogP) is 2.96. The van der Waals surface area contributed by atoms with Crippen LogP contribution in [0.4, 0.5) is 14.5 Å². The number of nitro groups is 1. The zero-order valence-electron chi connectivity index (χ0n) is 10.9. The minimum atomic E-state index is -1.34. The number of benzene rings is 1. The van der Waals surface area contributed by atoms with Gasteiger partial charge in [-0.1, -0.05) is 0 Å². The fourth-order valence-electron chi connectivity index (χ4n) is 1.54. The fourth-order valence-corrected chi connectivity index (χ4v) is 1.64. The van der Waals surface area contributed by atoms with Crippen molar-refractivity contribution < 1.29 is 18.5 Å². The summed E-state index contributed by atoms with van der Waals surface area (Å²) in [5.74, 6) is -3.21. The van der Waals surface area contributed by atoms with Crippen LogP contribution < -0.4 is 0 Å². The van der Waals surface area contributed by atoms with Crippen molar-refractivity contribution in [2.75, 3.05) is 13.6 Å². The summed E-state index contributed by atoms with van der Waals surface area (Å²) in [4.78, 5) is 22.6. The number of hydrogen-bond acceptors (Lipinski definition) is 3. The van der Waals surface area contributed by atoms with Gasteiger partial charge < -0.3 is 4.90 Å². The van der Waals surface area contributed by atoms with Gasteiger partial charge in [0.1, 0.15) is 5.82 Å². The molecule has 1 unspecified atom stereocenters. The van der Waals surface area contributed by atoms with Crippen LogP contribution in [-0.2, 0) is 0 Å². The largest absolute Gasteiger partial charge is 0.342 e. The zero-order valence-corrected chi connectivity index (χ0v) is 11.7. The van der Waals surface area contributed by atoms with Crippen LogP contribution >= 0.6 is 11.6 Å². The first kappa shape index (κ1) is 16.3. The lowest BCUT2D eigenvalue weighted by Crippen LogP contribution is -2.29. The molecule has 0 aliphatic rings. The van der Waals surface area contributed by atoms with Gasteiger partial charge in [-0.15, -0.1) is 11.6 Å². The molecule has 0 fully saturated rings. The van der Waals surface area contributed by atoms with Gasteiger partial charge in [0, 0.05) is 19.0 Å². The van der Waals surface area contributed by atoms with Gasteiger partial charge in [-0.25, -0.2) is 4.39 Å². The number of rotatable bonds is 5. The van der Waals surface area contributed by atoms with Crippen LogP contribution in [0.25, 0.3) is 0 Å². The summed E-state index contributed by atoms with van der Waals surface area (Å²) < 4.78 is 27.1. The van der Waals surface area contributed by atoms with E-state index in [0.29, 0.717) is 18.6 Å². The Labute approximate surface area is 119 Å². The van der Waals surface area contributed by atoms with E-state index < -0.39 is 33.7 Å². The minimum absolute atomic E-state index is 0.183. The van der Waals surface area contributed by atoms with E-state index in [9.17, 15) is 23.7 Å². The van der Waals surface area contributed by atoms with Gasteiger partial charge in [-0.3, -0.25) is 14.9 Å². The highest BCUT2D eigenvalue weighted by Crippen LogP contribution is 2.23. The van der Waals surface area contributed by atoms with Crippen molar-refractivity contribution in [1.82, 2.24) is 4.90 Å². The van der Waals surface area contributed by atoms with Gasteiger partial charge in [0.05, 0.1) is 16.6 Å². The molecule has 0 heterocycles. The Kier molecular flexibility index (Phi) is 5.38. The van der Waals surface area contributed by atoms with E-state index in [4.69, 9.17) is 11.6 Å². The molecule has 5 nitrogen and oxygen atoms in total. The quantitative estimate of drug-likeness (QED) is 0.477. The molecule has 0 radical (unpaired) electrons. The van der Waals surface area contributed by atoms with Crippen molar-refractivity contribution in [3.05, 3.63) is 39.4 Å². The third kappa shape index (κ3) is 3.86. The van der Waals surface area contributed by atoms with Crippen LogP contribution in [-0.4, -0.2) is 34.7 Å². The van der Waals surface area contributed by atoms with Gasteiger partial charge in [-0.05, 0) is 19.4 Å². The van der Waals surface area contributed by atoms with Crippen molar-refractivity contribution in [2.24, 2.45) is 0 Å². The number of halogens is 3. The Morgan fingerprint density at radius 3 is 2.60 bits per heavy atom. The Morgan fingerprint density at radius 2 is 2.10 bits per heavy atom. The standard InChI is InChI=1S/C12H13ClF2N2O3/c1-7(13)3-4-16(2)12(18)9-5-8(14)6-10(11(9)15)17(19)20/h5-7H,3-4H2,1-2H3. The lowest BCUT2D eigenvalue weighted by Gasteiger charge is -2.18. The molecule has 0 N–H and O–H groups in total. The van der Waals surface area contributed by atoms with Crippen molar-refractivity contribution in [3.63, 3.8) is 0 Å². The van der Waals surface area contributed by atoms with Crippen LogP contribution in [0.2, 0.25) is 0 Å². The zero-order chi connectivity index (χ0) is 15.4. The Hall–Kier alpha value is -1.76. The van der Waals surface area contributed by atoms with E-state index in [1.807, 2.05) is 0 Å². The molecule has 110 valence electrons. The molecule has 1 atom stereocenters. The summed E-state index contributed by atoms with van der Waals surface area (Å²) in [6.45, 7) is 1.96. The monoisotopic (exact) mass is 306 g/mol. The first-order chi connectivity index (χ1) is 9.23. The molecule has 1 rings (SSSR count). The molecule has 8 heteroatoms. The van der Waals surface area contributed by atoms with Crippen LogP contribution in [0.15, 0.2) is 12.1 Å². The van der Waals surface area contributed by atoms with Crippen LogP contribution in [0, 0.1) is 21.7 Å². The predicted molar refractivity (Wildman–Crippen MR) is 69.9 cm³/mol. The van der Waals surface area contributed by atoms with E-state index >= 15 is 0 Å². The second kappa shape index (κ2) is 6.60. The maximum atomic E-state index is 13.8. The van der Waals surface area contributed by atoms with Crippen molar-refractivity contribution in [2.45, 2.75) is 18.7 Å². The SMILES string of the molecule is CC(Cl)CCN(C)C(=O)c1cc(F)cc([N+](=O)[O-])c1F. The second-order valence-electron chi connectivity index (χ2n) is 4.34. The summed E-state index contributed by atoms with van der Waals surface area (Å²) in [6.07, 6.45) is 0.461. The molecule has 1 aromatic carbocycles. The average Bonchev–Trinajstić information content (AvgIpc) is 2.36. The van der Waals surface area contributed by atoms with Crippen LogP contribution in [0.1, 0.15) is 23.7 Å². The number of carbonyl (C=O) groups excluding carboxylic acids is 1. The molecule has 1 aromatic rings. The second-order valence-corrected chi connectivity index (χ2v) is 5.08. The van der Waals surface area contributed by atoms with E-state index in [0.717, 1.165) is 4.90 Å². The first-order valence-corrected chi connectivity index (χ1v) is 6.20. The van der Waals surface area contributed by atoms with Gasteiger partial charge >= 0.3 is 5.69 Å². The number of amides is 1. The third-order valence-electron chi connectivity index (χ3n) is 2.65. The first-order valence-electron chi connectivity index (χ1n) is 5.77. The van der Waals surface area contributed by atoms with E-state index in [2.05, 4.69) is 0 Å². The molecule has 1 amide bonds. The highest BCUT2D eigenvalue weighted by Gasteiger charge is 2.26. The highest BCUT2D eigenvalue weighted by atomic mass is 35.5. The highest BCUT2D eigenvalue weighted by molar-refractivity contribution is 6.20. The minimum Gasteiger partial charge on any atom is -0.342 e. The molecule has 0 bridgehead atoms. The fraction of sp³-hybridized carbons (Fsp3) is 0.417. The van der Waals surface area contributed by atoms with Gasteiger partial charge in [0.15, 0.2) is 0 Å². The smallest absolute Gasteiger partial charge is 0.308 e. The van der Waals surface area contributed by atoms with Crippen molar-refractivity contribution in [1.29, 1.82) is 0 Å². The van der Waals surface area contributed by atoms with Gasteiger partial charge in [-0.2, -0.15) is 4.39 Å². The molecular weight excluding hydrogens is 294 g/mol. The normalized spacial score (nSPS) is 12.1. The number of carbonyl (C=O) groups is 1. The van der Waals surface area contributed by atoms with E-state index in [1.54, 1.807) is 6.92 Å². The maximum Gasteiger partial charge on any atom is 0.308 e. The van der Waals surface area contributed by atoms with E-state index in [1.165, 1.54) is 7.05 Å². The molecule has 20 heavy (non-hydrogen) atoms. The van der Waals surface area contributed by atoms with E-state index in [-0.39, 0.29) is 11.9 Å². The van der Waals surface area contributed by atoms with Crippen LogP contribution in [0.3, 0.4) is 0 Å². The summed E-state index contributed by atoms with van der Waals surface area (Å²) in [7, 11) is 1.39. The Morgan fingerprint density at radius 1 is 1.50 bits per heavy atom. The third-order valence-corrected chi connectivity index (χ3v) is 2.87. The van der Waals surface area contributed by atoms with Crippen molar-refractivity contribution in [3.8, 4) is 0 Å². The summed E-state index contributed by atoms with van der Waals surface area (Å²) in [6, 6.07) is 1.08. The van der Waals surface area contributed by atoms with Gasteiger partial charge in [0.2, 0.25) is 5.82 Å².